The summed E-state index contributed by atoms with van der Waals surface area (Å²) >= 11 is 0. The summed E-state index contributed by atoms with van der Waals surface area (Å²) in [6.45, 7) is -2.79. The lowest BCUT2D eigenvalue weighted by Gasteiger charge is -2.41. The van der Waals surface area contributed by atoms with Crippen molar-refractivity contribution in [1.82, 2.24) is 45.0 Å². The Balaban J connectivity index is 1.17. The largest absolute Gasteiger partial charge is 0.394 e. The monoisotopic (exact) mass is 729 g/mol. The molecule has 24 heteroatoms. The molecule has 0 aliphatic carbocycles. The predicted molar refractivity (Wildman–Crippen MR) is 155 cm³/mol. The van der Waals surface area contributed by atoms with Crippen LogP contribution in [0.25, 0.3) is 0 Å². The Morgan fingerprint density at radius 2 is 0.745 bits per heavy atom. The van der Waals surface area contributed by atoms with Crippen molar-refractivity contribution in [3.63, 3.8) is 0 Å². The highest BCUT2D eigenvalue weighted by molar-refractivity contribution is 5.01. The van der Waals surface area contributed by atoms with E-state index in [2.05, 4.69) is 30.9 Å². The molecule has 0 spiro atoms. The first-order chi connectivity index (χ1) is 24.6. The van der Waals surface area contributed by atoms with Crippen molar-refractivity contribution in [2.24, 2.45) is 0 Å². The number of aliphatic hydroxyl groups is 9. The van der Waals surface area contributed by atoms with Crippen LogP contribution in [0.15, 0.2) is 18.6 Å². The zero-order valence-electron chi connectivity index (χ0n) is 26.6. The fourth-order valence-electron chi connectivity index (χ4n) is 6.53. The van der Waals surface area contributed by atoms with Crippen LogP contribution in [0.3, 0.4) is 0 Å². The molecule has 3 aromatic heterocycles. The van der Waals surface area contributed by atoms with Crippen LogP contribution in [0, 0.1) is 0 Å². The van der Waals surface area contributed by atoms with Gasteiger partial charge in [0.2, 0.25) is 0 Å². The molecule has 0 aromatic carbocycles. The van der Waals surface area contributed by atoms with Crippen molar-refractivity contribution in [1.29, 1.82) is 0 Å². The van der Waals surface area contributed by atoms with E-state index >= 15 is 0 Å². The predicted octanol–water partition coefficient (Wildman–Crippen LogP) is -6.63. The smallest absolute Gasteiger partial charge is 0.180 e. The third kappa shape index (κ3) is 6.89. The van der Waals surface area contributed by atoms with Crippen LogP contribution in [-0.4, -0.2) is 184 Å². The molecule has 9 aliphatic heterocycles. The maximum atomic E-state index is 11.0. The van der Waals surface area contributed by atoms with Crippen LogP contribution in [0.1, 0.15) is 35.8 Å². The summed E-state index contributed by atoms with van der Waals surface area (Å²) in [5, 5.41) is 120. The van der Waals surface area contributed by atoms with Crippen LogP contribution in [0.4, 0.5) is 0 Å². The minimum Gasteiger partial charge on any atom is -0.394 e. The Morgan fingerprint density at radius 3 is 1.00 bits per heavy atom. The van der Waals surface area contributed by atoms with Crippen LogP contribution in [0.5, 0.6) is 0 Å². The van der Waals surface area contributed by atoms with Crippen LogP contribution >= 0.6 is 0 Å². The summed E-state index contributed by atoms with van der Waals surface area (Å²) in [6.07, 6.45) is -16.9. The van der Waals surface area contributed by atoms with Crippen molar-refractivity contribution in [3.8, 4) is 0 Å². The number of ether oxygens (including phenoxy) is 6. The molecule has 282 valence electrons. The average Bonchev–Trinajstić information content (AvgIpc) is 3.92. The molecule has 9 aliphatic rings. The molecular formula is C27H39N9O15. The summed E-state index contributed by atoms with van der Waals surface area (Å²) in [6, 6.07) is 0. The molecule has 0 amide bonds. The third-order valence-corrected chi connectivity index (χ3v) is 9.24. The topological polar surface area (TPSA) is 330 Å². The highest BCUT2D eigenvalue weighted by Gasteiger charge is 2.49. The van der Waals surface area contributed by atoms with Gasteiger partial charge in [0.25, 0.3) is 0 Å². The lowest BCUT2D eigenvalue weighted by Crippen LogP contribution is -2.57. The lowest BCUT2D eigenvalue weighted by molar-refractivity contribution is -0.267. The van der Waals surface area contributed by atoms with Gasteiger partial charge in [0.05, 0.1) is 58.2 Å². The van der Waals surface area contributed by atoms with Gasteiger partial charge in [0.1, 0.15) is 90.3 Å². The van der Waals surface area contributed by atoms with Crippen LogP contribution in [0.2, 0.25) is 0 Å². The second-order valence-corrected chi connectivity index (χ2v) is 12.6. The standard InChI is InChI=1S/C27H39N9O15/c37-4-13-23-16(40)19(43)25(49-13)34-1-10(28-31-34)7-46-22-14(5-38)50-26(20(44)17(22)41)35-3-12(30-32-35)9-48-24-15(6-39)51-27(21(45)18(24)42)36-2-11(8-47-23)29-33-36/h1-3,13-27,37-45H,4-9H2/t13-,14-,15-,16-,17-,18-,19-,20-,21-,22+,23+,24+,25-,26-,27-/m1/s1. The SMILES string of the molecule is OC[C@H]1O[C@@H]2[C@H](O)[C@@H](O)[C@H]1OCc1cn(nn1)[C@@H]1O[C@H](CO)[C@H](OCc3cn(nn3)[C@@H]3O[C@H](CO)[C@H](OCc4cn2nn4)[C@H](O)[C@H]3O)[C@H](O)[C@H]1O. The molecule has 3 aromatic rings. The van der Waals surface area contributed by atoms with E-state index in [4.69, 9.17) is 28.4 Å². The molecule has 9 N–H and O–H groups in total. The Bertz CT molecular complexity index is 1410. The van der Waals surface area contributed by atoms with Crippen LogP contribution in [-0.2, 0) is 48.2 Å². The highest BCUT2D eigenvalue weighted by Crippen LogP contribution is 2.34. The number of hydrogen-bond donors (Lipinski definition) is 9. The van der Waals surface area contributed by atoms with Crippen molar-refractivity contribution in [2.45, 2.75) is 112 Å². The van der Waals surface area contributed by atoms with Crippen molar-refractivity contribution < 1.29 is 74.4 Å². The molecule has 51 heavy (non-hydrogen) atoms. The molecule has 12 heterocycles. The summed E-state index contributed by atoms with van der Waals surface area (Å²) in [5.41, 5.74) is 0.535. The van der Waals surface area contributed by atoms with E-state index in [0.29, 0.717) is 0 Å². The maximum Gasteiger partial charge on any atom is 0.180 e. The van der Waals surface area contributed by atoms with Crippen LogP contribution < -0.4 is 0 Å². The quantitative estimate of drug-likeness (QED) is 0.121. The molecule has 12 rings (SSSR count). The third-order valence-electron chi connectivity index (χ3n) is 9.24. The van der Waals surface area contributed by atoms with Crippen molar-refractivity contribution in [2.75, 3.05) is 19.8 Å². The van der Waals surface area contributed by atoms with E-state index in [9.17, 15) is 46.0 Å². The van der Waals surface area contributed by atoms with Gasteiger partial charge in [-0.15, -0.1) is 15.3 Å². The molecule has 15 atom stereocenters. The van der Waals surface area contributed by atoms with Crippen molar-refractivity contribution in [3.05, 3.63) is 35.7 Å². The average molecular weight is 730 g/mol. The maximum absolute atomic E-state index is 11.0. The second-order valence-electron chi connectivity index (χ2n) is 12.6. The molecule has 0 saturated carbocycles. The Hall–Kier alpha value is -3.18. The van der Waals surface area contributed by atoms with E-state index in [0.717, 1.165) is 14.0 Å². The molecule has 3 fully saturated rings. The normalized spacial score (nSPS) is 40.8. The number of hydrogen-bond acceptors (Lipinski definition) is 21. The van der Waals surface area contributed by atoms with Gasteiger partial charge in [-0.3, -0.25) is 0 Å². The van der Waals surface area contributed by atoms with Gasteiger partial charge in [0.15, 0.2) is 18.7 Å². The van der Waals surface area contributed by atoms with Gasteiger partial charge in [0, 0.05) is 0 Å². The van der Waals surface area contributed by atoms with E-state index < -0.39 is 112 Å². The Kier molecular flexibility index (Phi) is 10.7. The number of aromatic nitrogens is 9. The fourth-order valence-corrected chi connectivity index (χ4v) is 6.53. The molecule has 24 nitrogen and oxygen atoms in total. The molecule has 3 saturated heterocycles. The minimum atomic E-state index is -1.62. The van der Waals surface area contributed by atoms with E-state index in [-0.39, 0.29) is 36.9 Å². The summed E-state index contributed by atoms with van der Waals surface area (Å²) < 4.78 is 38.2. The van der Waals surface area contributed by atoms with Gasteiger partial charge < -0.3 is 74.4 Å². The second kappa shape index (κ2) is 15.0. The lowest BCUT2D eigenvalue weighted by atomic mass is 9.98. The summed E-state index contributed by atoms with van der Waals surface area (Å²) in [5.74, 6) is 0. The molecular weight excluding hydrogens is 690 g/mol. The first kappa shape index (κ1) is 36.2. The first-order valence-corrected chi connectivity index (χ1v) is 16.1. The minimum absolute atomic E-state index is 0.178. The number of nitrogens with zero attached hydrogens (tertiary/aromatic N) is 9. The van der Waals surface area contributed by atoms with Gasteiger partial charge in [-0.25, -0.2) is 14.0 Å². The van der Waals surface area contributed by atoms with Gasteiger partial charge in [-0.1, -0.05) is 15.6 Å². The highest BCUT2D eigenvalue weighted by atomic mass is 16.6. The van der Waals surface area contributed by atoms with E-state index in [1.54, 1.807) is 0 Å². The van der Waals surface area contributed by atoms with Gasteiger partial charge in [-0.2, -0.15) is 0 Å². The zero-order valence-corrected chi connectivity index (χ0v) is 26.6. The molecule has 0 radical (unpaired) electrons. The summed E-state index contributed by atoms with van der Waals surface area (Å²) in [7, 11) is 0. The van der Waals surface area contributed by atoms with Gasteiger partial charge in [-0.05, 0) is 0 Å². The first-order valence-electron chi connectivity index (χ1n) is 16.1. The Labute approximate surface area is 286 Å². The van der Waals surface area contributed by atoms with Gasteiger partial charge >= 0.3 is 0 Å². The zero-order chi connectivity index (χ0) is 36.0. The molecule has 12 bridgehead atoms. The van der Waals surface area contributed by atoms with E-state index in [1.807, 2.05) is 0 Å². The summed E-state index contributed by atoms with van der Waals surface area (Å²) in [4.78, 5) is 0. The van der Waals surface area contributed by atoms with E-state index in [1.165, 1.54) is 18.6 Å². The fraction of sp³-hybridized carbons (Fsp3) is 0.778. The molecule has 0 unspecified atom stereocenters. The Morgan fingerprint density at radius 1 is 0.471 bits per heavy atom. The van der Waals surface area contributed by atoms with Crippen molar-refractivity contribution >= 4 is 0 Å². The number of rotatable bonds is 3. The number of aliphatic hydroxyl groups excluding tert-OH is 9.